The summed E-state index contributed by atoms with van der Waals surface area (Å²) in [6.07, 6.45) is 0. The molecule has 2 rings (SSSR count). The largest absolute Gasteiger partial charge is 0.496 e. The summed E-state index contributed by atoms with van der Waals surface area (Å²) in [5.41, 5.74) is 4.25. The van der Waals surface area contributed by atoms with Gasteiger partial charge in [-0.3, -0.25) is 4.79 Å². The van der Waals surface area contributed by atoms with E-state index < -0.39 is 0 Å². The van der Waals surface area contributed by atoms with Crippen LogP contribution >= 0.6 is 11.8 Å². The Morgan fingerprint density at radius 3 is 2.70 bits per heavy atom. The lowest BCUT2D eigenvalue weighted by Crippen LogP contribution is -2.25. The van der Waals surface area contributed by atoms with Crippen LogP contribution in [0.4, 0.5) is 0 Å². The Kier molecular flexibility index (Phi) is 6.53. The number of thioether (sulfide) groups is 1. The van der Waals surface area contributed by atoms with E-state index in [1.807, 2.05) is 30.8 Å². The number of benzene rings is 2. The third-order valence-electron chi connectivity index (χ3n) is 3.54. The van der Waals surface area contributed by atoms with E-state index in [2.05, 4.69) is 36.5 Å². The van der Waals surface area contributed by atoms with E-state index in [0.29, 0.717) is 12.1 Å². The van der Waals surface area contributed by atoms with Crippen LogP contribution in [0.2, 0.25) is 0 Å². The number of rotatable bonds is 7. The van der Waals surface area contributed by atoms with Crippen molar-refractivity contribution >= 4 is 17.7 Å². The Balaban J connectivity index is 1.73. The smallest absolute Gasteiger partial charge is 0.251 e. The highest BCUT2D eigenvalue weighted by molar-refractivity contribution is 7.98. The van der Waals surface area contributed by atoms with E-state index in [4.69, 9.17) is 4.74 Å². The summed E-state index contributed by atoms with van der Waals surface area (Å²) in [5, 5.41) is 2.96. The Bertz CT molecular complexity index is 670. The quantitative estimate of drug-likeness (QED) is 0.781. The molecular weight excluding hydrogens is 306 g/mol. The summed E-state index contributed by atoms with van der Waals surface area (Å²) in [5.74, 6) is 2.63. The van der Waals surface area contributed by atoms with Gasteiger partial charge in [0.15, 0.2) is 0 Å². The maximum atomic E-state index is 12.1. The van der Waals surface area contributed by atoms with Gasteiger partial charge in [0.1, 0.15) is 5.75 Å². The minimum atomic E-state index is -0.0353. The predicted molar refractivity (Wildman–Crippen MR) is 97.4 cm³/mol. The molecule has 3 nitrogen and oxygen atoms in total. The number of nitrogens with one attached hydrogen (secondary N) is 1. The highest BCUT2D eigenvalue weighted by Gasteiger charge is 2.07. The molecule has 0 saturated carbocycles. The summed E-state index contributed by atoms with van der Waals surface area (Å²) in [6.45, 7) is 4.71. The molecule has 0 saturated heterocycles. The molecule has 122 valence electrons. The Hall–Kier alpha value is -1.94. The maximum absolute atomic E-state index is 12.1. The van der Waals surface area contributed by atoms with E-state index in [1.54, 1.807) is 13.2 Å². The summed E-state index contributed by atoms with van der Waals surface area (Å²) in [7, 11) is 1.63. The molecule has 0 heterocycles. The van der Waals surface area contributed by atoms with Crippen LogP contribution in [-0.2, 0) is 5.75 Å². The standard InChI is InChI=1S/C19H23NO2S/c1-14-5-4-6-16(11-14)13-23-10-9-20-19(21)17-7-8-18(22-3)15(2)12-17/h4-8,11-12H,9-10,13H2,1-3H3,(H,20,21). The van der Waals surface area contributed by atoms with Crippen LogP contribution < -0.4 is 10.1 Å². The zero-order chi connectivity index (χ0) is 16.7. The van der Waals surface area contributed by atoms with Crippen molar-refractivity contribution in [3.05, 3.63) is 64.7 Å². The summed E-state index contributed by atoms with van der Waals surface area (Å²) < 4.78 is 5.21. The van der Waals surface area contributed by atoms with Crippen molar-refractivity contribution in [2.24, 2.45) is 0 Å². The first-order valence-electron chi connectivity index (χ1n) is 7.66. The highest BCUT2D eigenvalue weighted by atomic mass is 32.2. The number of carbonyl (C=O) groups is 1. The van der Waals surface area contributed by atoms with Crippen molar-refractivity contribution in [1.29, 1.82) is 0 Å². The molecule has 0 fully saturated rings. The molecule has 0 aliphatic heterocycles. The zero-order valence-electron chi connectivity index (χ0n) is 13.9. The number of hydrogen-bond acceptors (Lipinski definition) is 3. The van der Waals surface area contributed by atoms with Crippen LogP contribution in [-0.4, -0.2) is 25.3 Å². The molecule has 2 aromatic carbocycles. The molecule has 0 atom stereocenters. The summed E-state index contributed by atoms with van der Waals surface area (Å²) in [6, 6.07) is 14.0. The molecule has 0 aliphatic rings. The third-order valence-corrected chi connectivity index (χ3v) is 4.57. The molecule has 4 heteroatoms. The van der Waals surface area contributed by atoms with Crippen LogP contribution in [0.25, 0.3) is 0 Å². The highest BCUT2D eigenvalue weighted by Crippen LogP contribution is 2.18. The van der Waals surface area contributed by atoms with Crippen LogP contribution in [0, 0.1) is 13.8 Å². The van der Waals surface area contributed by atoms with Gasteiger partial charge in [-0.05, 0) is 43.2 Å². The lowest BCUT2D eigenvalue weighted by atomic mass is 10.1. The van der Waals surface area contributed by atoms with Crippen LogP contribution in [0.3, 0.4) is 0 Å². The molecule has 0 bridgehead atoms. The van der Waals surface area contributed by atoms with Gasteiger partial charge >= 0.3 is 0 Å². The molecule has 1 N–H and O–H groups in total. The van der Waals surface area contributed by atoms with Gasteiger partial charge in [-0.1, -0.05) is 29.8 Å². The average Bonchev–Trinajstić information content (AvgIpc) is 2.54. The van der Waals surface area contributed by atoms with Crippen LogP contribution in [0.15, 0.2) is 42.5 Å². The van der Waals surface area contributed by atoms with Gasteiger partial charge in [-0.25, -0.2) is 0 Å². The van der Waals surface area contributed by atoms with Gasteiger partial charge in [0, 0.05) is 23.6 Å². The summed E-state index contributed by atoms with van der Waals surface area (Å²) in [4.78, 5) is 12.1. The first-order valence-corrected chi connectivity index (χ1v) is 8.82. The van der Waals surface area contributed by atoms with Gasteiger partial charge in [0.05, 0.1) is 7.11 Å². The number of methoxy groups -OCH3 is 1. The maximum Gasteiger partial charge on any atom is 0.251 e. The van der Waals surface area contributed by atoms with Crippen molar-refractivity contribution in [2.75, 3.05) is 19.4 Å². The Morgan fingerprint density at radius 1 is 1.17 bits per heavy atom. The first kappa shape index (κ1) is 17.4. The molecule has 0 radical (unpaired) electrons. The van der Waals surface area contributed by atoms with E-state index in [1.165, 1.54) is 11.1 Å². The van der Waals surface area contributed by atoms with Crippen molar-refractivity contribution in [3.63, 3.8) is 0 Å². The summed E-state index contributed by atoms with van der Waals surface area (Å²) >= 11 is 1.83. The number of amides is 1. The first-order chi connectivity index (χ1) is 11.1. The zero-order valence-corrected chi connectivity index (χ0v) is 14.7. The van der Waals surface area contributed by atoms with E-state index >= 15 is 0 Å². The average molecular weight is 329 g/mol. The molecular formula is C19H23NO2S. The SMILES string of the molecule is COc1ccc(C(=O)NCCSCc2cccc(C)c2)cc1C. The van der Waals surface area contributed by atoms with E-state index in [9.17, 15) is 4.79 Å². The van der Waals surface area contributed by atoms with Gasteiger partial charge in [0.25, 0.3) is 5.91 Å². The van der Waals surface area contributed by atoms with E-state index in [-0.39, 0.29) is 5.91 Å². The predicted octanol–water partition coefficient (Wildman–Crippen LogP) is 3.98. The molecule has 2 aromatic rings. The normalized spacial score (nSPS) is 10.4. The number of ether oxygens (including phenoxy) is 1. The minimum absolute atomic E-state index is 0.0353. The fourth-order valence-corrected chi connectivity index (χ4v) is 3.16. The molecule has 0 unspecified atom stereocenters. The van der Waals surface area contributed by atoms with Gasteiger partial charge in [-0.2, -0.15) is 11.8 Å². The van der Waals surface area contributed by atoms with Crippen LogP contribution in [0.5, 0.6) is 5.75 Å². The fourth-order valence-electron chi connectivity index (χ4n) is 2.35. The number of aryl methyl sites for hydroxylation is 2. The lowest BCUT2D eigenvalue weighted by Gasteiger charge is -2.08. The molecule has 23 heavy (non-hydrogen) atoms. The molecule has 0 aromatic heterocycles. The van der Waals surface area contributed by atoms with Gasteiger partial charge in [-0.15, -0.1) is 0 Å². The second-order valence-electron chi connectivity index (χ2n) is 5.48. The van der Waals surface area contributed by atoms with Gasteiger partial charge in [0.2, 0.25) is 0 Å². The third kappa shape index (κ3) is 5.32. The second-order valence-corrected chi connectivity index (χ2v) is 6.59. The van der Waals surface area contributed by atoms with Crippen molar-refractivity contribution in [2.45, 2.75) is 19.6 Å². The monoisotopic (exact) mass is 329 g/mol. The minimum Gasteiger partial charge on any atom is -0.496 e. The Morgan fingerprint density at radius 2 is 2.00 bits per heavy atom. The van der Waals surface area contributed by atoms with Crippen molar-refractivity contribution < 1.29 is 9.53 Å². The van der Waals surface area contributed by atoms with Crippen LogP contribution in [0.1, 0.15) is 27.0 Å². The molecule has 1 amide bonds. The van der Waals surface area contributed by atoms with Crippen molar-refractivity contribution in [1.82, 2.24) is 5.32 Å². The Labute approximate surface area is 142 Å². The number of carbonyl (C=O) groups excluding carboxylic acids is 1. The lowest BCUT2D eigenvalue weighted by molar-refractivity contribution is 0.0956. The molecule has 0 spiro atoms. The van der Waals surface area contributed by atoms with Crippen molar-refractivity contribution in [3.8, 4) is 5.75 Å². The van der Waals surface area contributed by atoms with Gasteiger partial charge < -0.3 is 10.1 Å². The fraction of sp³-hybridized carbons (Fsp3) is 0.316. The number of hydrogen-bond donors (Lipinski definition) is 1. The topological polar surface area (TPSA) is 38.3 Å². The molecule has 0 aliphatic carbocycles. The van der Waals surface area contributed by atoms with E-state index in [0.717, 1.165) is 22.8 Å². The second kappa shape index (κ2) is 8.63.